The number of fused-ring (bicyclic) bond motifs is 3. The molecule has 1 heterocycles. The van der Waals surface area contributed by atoms with Gasteiger partial charge in [0.05, 0.1) is 26.9 Å². The highest BCUT2D eigenvalue weighted by molar-refractivity contribution is 6.18. The largest absolute Gasteiger partial charge is 0.504 e. The molecule has 0 radical (unpaired) electrons. The number of rotatable bonds is 4. The maximum absolute atomic E-state index is 13.1. The SMILES string of the molecule is COc1cc2c(C(=O)n3cnc(N)n3)cc3cc(OC)c(OC)cc3c2cc1O. The van der Waals surface area contributed by atoms with E-state index in [1.807, 2.05) is 0 Å². The van der Waals surface area contributed by atoms with E-state index < -0.39 is 5.91 Å². The summed E-state index contributed by atoms with van der Waals surface area (Å²) >= 11 is 0. The van der Waals surface area contributed by atoms with Gasteiger partial charge in [-0.1, -0.05) is 0 Å². The Balaban J connectivity index is 2.11. The number of carbonyl (C=O) groups excluding carboxylic acids is 1. The van der Waals surface area contributed by atoms with Gasteiger partial charge in [0.25, 0.3) is 5.91 Å². The van der Waals surface area contributed by atoms with Crippen molar-refractivity contribution in [2.75, 3.05) is 27.1 Å². The molecule has 9 heteroatoms. The lowest BCUT2D eigenvalue weighted by Crippen LogP contribution is -2.13. The number of nitrogens with zero attached hydrogens (tertiary/aromatic N) is 3. The van der Waals surface area contributed by atoms with Crippen molar-refractivity contribution in [1.29, 1.82) is 0 Å². The number of aromatic nitrogens is 3. The minimum atomic E-state index is -0.427. The zero-order chi connectivity index (χ0) is 20.7. The first-order valence-corrected chi connectivity index (χ1v) is 8.58. The number of carbonyl (C=O) groups is 1. The third-order valence-electron chi connectivity index (χ3n) is 4.70. The monoisotopic (exact) mass is 394 g/mol. The van der Waals surface area contributed by atoms with Crippen LogP contribution in [-0.2, 0) is 0 Å². The van der Waals surface area contributed by atoms with Crippen molar-refractivity contribution < 1.29 is 24.1 Å². The van der Waals surface area contributed by atoms with Crippen molar-refractivity contribution in [3.05, 3.63) is 42.2 Å². The van der Waals surface area contributed by atoms with Gasteiger partial charge in [0.2, 0.25) is 5.95 Å². The van der Waals surface area contributed by atoms with Gasteiger partial charge in [-0.25, -0.2) is 4.98 Å². The summed E-state index contributed by atoms with van der Waals surface area (Å²) in [6, 6.07) is 8.44. The number of phenolic OH excluding ortho intramolecular Hbond substituents is 1. The number of hydrogen-bond acceptors (Lipinski definition) is 8. The van der Waals surface area contributed by atoms with E-state index in [4.69, 9.17) is 19.9 Å². The first-order valence-electron chi connectivity index (χ1n) is 8.58. The highest BCUT2D eigenvalue weighted by Crippen LogP contribution is 2.41. The summed E-state index contributed by atoms with van der Waals surface area (Å²) < 4.78 is 17.1. The molecule has 29 heavy (non-hydrogen) atoms. The summed E-state index contributed by atoms with van der Waals surface area (Å²) in [4.78, 5) is 16.9. The Morgan fingerprint density at radius 3 is 2.21 bits per heavy atom. The second kappa shape index (κ2) is 6.86. The van der Waals surface area contributed by atoms with Crippen LogP contribution in [0.15, 0.2) is 36.7 Å². The Morgan fingerprint density at radius 1 is 0.931 bits per heavy atom. The molecule has 0 unspecified atom stereocenters. The summed E-state index contributed by atoms with van der Waals surface area (Å²) in [6.45, 7) is 0. The number of aromatic hydroxyl groups is 1. The van der Waals surface area contributed by atoms with Crippen molar-refractivity contribution in [2.24, 2.45) is 0 Å². The normalized spacial score (nSPS) is 11.0. The molecular formula is C20H18N4O5. The van der Waals surface area contributed by atoms with Gasteiger partial charge in [-0.15, -0.1) is 5.10 Å². The van der Waals surface area contributed by atoms with Crippen LogP contribution in [0.3, 0.4) is 0 Å². The van der Waals surface area contributed by atoms with Crippen molar-refractivity contribution >= 4 is 33.4 Å². The number of anilines is 1. The van der Waals surface area contributed by atoms with E-state index >= 15 is 0 Å². The summed E-state index contributed by atoms with van der Waals surface area (Å²) in [5.41, 5.74) is 5.89. The molecule has 1 aromatic heterocycles. The lowest BCUT2D eigenvalue weighted by atomic mass is 9.95. The second-order valence-corrected chi connectivity index (χ2v) is 6.27. The molecule has 0 fully saturated rings. The zero-order valence-corrected chi connectivity index (χ0v) is 16.0. The van der Waals surface area contributed by atoms with Crippen molar-refractivity contribution in [2.45, 2.75) is 0 Å². The fourth-order valence-corrected chi connectivity index (χ4v) is 3.33. The lowest BCUT2D eigenvalue weighted by Gasteiger charge is -2.15. The maximum Gasteiger partial charge on any atom is 0.280 e. The molecule has 0 aliphatic carbocycles. The predicted molar refractivity (Wildman–Crippen MR) is 107 cm³/mol. The van der Waals surface area contributed by atoms with Crippen LogP contribution in [0.1, 0.15) is 10.4 Å². The average molecular weight is 394 g/mol. The van der Waals surface area contributed by atoms with Crippen LogP contribution in [-0.4, -0.2) is 47.1 Å². The minimum Gasteiger partial charge on any atom is -0.504 e. The second-order valence-electron chi connectivity index (χ2n) is 6.27. The molecule has 0 spiro atoms. The molecule has 0 aliphatic heterocycles. The molecule has 0 saturated carbocycles. The van der Waals surface area contributed by atoms with Crippen LogP contribution < -0.4 is 19.9 Å². The molecule has 4 rings (SSSR count). The van der Waals surface area contributed by atoms with Crippen LogP contribution in [0.2, 0.25) is 0 Å². The van der Waals surface area contributed by atoms with Gasteiger partial charge in [0.15, 0.2) is 23.0 Å². The van der Waals surface area contributed by atoms with E-state index in [2.05, 4.69) is 10.1 Å². The predicted octanol–water partition coefficient (Wildman–Crippen LogP) is 2.59. The molecule has 0 amide bonds. The molecular weight excluding hydrogens is 376 g/mol. The summed E-state index contributed by atoms with van der Waals surface area (Å²) in [5, 5.41) is 16.9. The van der Waals surface area contributed by atoms with E-state index in [9.17, 15) is 9.90 Å². The van der Waals surface area contributed by atoms with E-state index in [-0.39, 0.29) is 17.4 Å². The van der Waals surface area contributed by atoms with Gasteiger partial charge in [-0.3, -0.25) is 4.79 Å². The van der Waals surface area contributed by atoms with Crippen molar-refractivity contribution in [3.8, 4) is 23.0 Å². The lowest BCUT2D eigenvalue weighted by molar-refractivity contribution is 0.0946. The number of ether oxygens (including phenoxy) is 3. The quantitative estimate of drug-likeness (QED) is 0.507. The summed E-state index contributed by atoms with van der Waals surface area (Å²) in [5.74, 6) is 0.795. The van der Waals surface area contributed by atoms with E-state index in [1.54, 1.807) is 37.4 Å². The smallest absolute Gasteiger partial charge is 0.280 e. The summed E-state index contributed by atoms with van der Waals surface area (Å²) in [6.07, 6.45) is 1.25. The van der Waals surface area contributed by atoms with Crippen LogP contribution in [0.5, 0.6) is 23.0 Å². The fraction of sp³-hybridized carbons (Fsp3) is 0.150. The molecule has 3 aromatic carbocycles. The summed E-state index contributed by atoms with van der Waals surface area (Å²) in [7, 11) is 4.51. The number of nitrogens with two attached hydrogens (primary N) is 1. The molecule has 0 aliphatic rings. The number of benzene rings is 3. The van der Waals surface area contributed by atoms with Crippen LogP contribution in [0, 0.1) is 0 Å². The Labute approximate surface area is 165 Å². The van der Waals surface area contributed by atoms with Crippen molar-refractivity contribution in [3.63, 3.8) is 0 Å². The Kier molecular flexibility index (Phi) is 4.34. The molecule has 9 nitrogen and oxygen atoms in total. The standard InChI is InChI=1S/C20H18N4O5/c1-27-16-8-13-12(6-15(16)25)11-7-18(29-3)17(28-2)5-10(11)4-14(13)19(26)24-9-22-20(21)23-24/h4-9,25H,1-3H3,(H2,21,23). The van der Waals surface area contributed by atoms with E-state index in [1.165, 1.54) is 20.5 Å². The van der Waals surface area contributed by atoms with Crippen LogP contribution >= 0.6 is 0 Å². The third-order valence-corrected chi connectivity index (χ3v) is 4.70. The van der Waals surface area contributed by atoms with Crippen molar-refractivity contribution in [1.82, 2.24) is 14.8 Å². The van der Waals surface area contributed by atoms with E-state index in [0.717, 1.165) is 15.5 Å². The number of hydrogen-bond donors (Lipinski definition) is 2. The Bertz CT molecular complexity index is 1270. The number of methoxy groups -OCH3 is 3. The Hall–Kier alpha value is -4.01. The van der Waals surface area contributed by atoms with Gasteiger partial charge in [-0.05, 0) is 51.9 Å². The zero-order valence-electron chi connectivity index (χ0n) is 16.0. The van der Waals surface area contributed by atoms with Gasteiger partial charge in [0, 0.05) is 0 Å². The van der Waals surface area contributed by atoms with Gasteiger partial charge < -0.3 is 25.1 Å². The van der Waals surface area contributed by atoms with Gasteiger partial charge >= 0.3 is 0 Å². The van der Waals surface area contributed by atoms with Crippen LogP contribution in [0.4, 0.5) is 5.95 Å². The average Bonchev–Trinajstić information content (AvgIpc) is 3.17. The van der Waals surface area contributed by atoms with E-state index in [0.29, 0.717) is 27.8 Å². The molecule has 0 bridgehead atoms. The first-order chi connectivity index (χ1) is 14.0. The molecule has 0 atom stereocenters. The molecule has 0 saturated heterocycles. The Morgan fingerprint density at radius 2 is 1.59 bits per heavy atom. The minimum absolute atomic E-state index is 0.00919. The number of phenols is 1. The van der Waals surface area contributed by atoms with Crippen LogP contribution in [0.25, 0.3) is 21.5 Å². The third kappa shape index (κ3) is 2.92. The highest BCUT2D eigenvalue weighted by Gasteiger charge is 2.20. The first kappa shape index (κ1) is 18.4. The topological polar surface area (TPSA) is 122 Å². The van der Waals surface area contributed by atoms with Gasteiger partial charge in [0.1, 0.15) is 6.33 Å². The number of nitrogen functional groups attached to an aromatic ring is 1. The molecule has 3 N–H and O–H groups in total. The molecule has 4 aromatic rings. The maximum atomic E-state index is 13.1. The van der Waals surface area contributed by atoms with Gasteiger partial charge in [-0.2, -0.15) is 4.68 Å². The highest BCUT2D eigenvalue weighted by atomic mass is 16.5. The fourth-order valence-electron chi connectivity index (χ4n) is 3.33. The molecule has 148 valence electrons.